The molecule has 0 radical (unpaired) electrons. The number of sulfonamides is 1. The van der Waals surface area contributed by atoms with Crippen molar-refractivity contribution in [1.82, 2.24) is 4.31 Å². The fraction of sp³-hybridized carbons (Fsp3) is 0.588. The Morgan fingerprint density at radius 1 is 1.27 bits per heavy atom. The number of nitrogens with zero attached hydrogens (tertiary/aromatic N) is 1. The molecule has 1 aliphatic rings. The van der Waals surface area contributed by atoms with Gasteiger partial charge in [-0.05, 0) is 43.5 Å². The van der Waals surface area contributed by atoms with Crippen molar-refractivity contribution in [3.63, 3.8) is 0 Å². The van der Waals surface area contributed by atoms with Gasteiger partial charge in [-0.2, -0.15) is 4.31 Å². The maximum atomic E-state index is 13.1. The highest BCUT2D eigenvalue weighted by Crippen LogP contribution is 2.26. The molecule has 26 heavy (non-hydrogen) atoms. The number of hydrogen-bond donors (Lipinski definition) is 0. The molecule has 1 unspecified atom stereocenters. The first-order valence-electron chi connectivity index (χ1n) is 8.56. The molecule has 1 aromatic carbocycles. The molecular weight excluding hydrogens is 378 g/mol. The van der Waals surface area contributed by atoms with Crippen LogP contribution in [0.4, 0.5) is 0 Å². The van der Waals surface area contributed by atoms with E-state index in [1.165, 1.54) is 28.6 Å². The van der Waals surface area contributed by atoms with Crippen LogP contribution in [-0.4, -0.2) is 57.8 Å². The van der Waals surface area contributed by atoms with Crippen molar-refractivity contribution in [2.24, 2.45) is 5.92 Å². The Morgan fingerprint density at radius 2 is 1.88 bits per heavy atom. The molecule has 0 N–H and O–H groups in total. The number of esters is 1. The molecule has 0 spiro atoms. The minimum Gasteiger partial charge on any atom is -0.462 e. The van der Waals surface area contributed by atoms with Crippen LogP contribution in [0.3, 0.4) is 0 Å². The van der Waals surface area contributed by atoms with Crippen LogP contribution in [0.25, 0.3) is 0 Å². The molecule has 146 valence electrons. The largest absolute Gasteiger partial charge is 0.462 e. The van der Waals surface area contributed by atoms with Crippen LogP contribution in [-0.2, 0) is 24.6 Å². The number of carbonyl (C=O) groups excluding carboxylic acids is 1. The Labute approximate surface area is 155 Å². The summed E-state index contributed by atoms with van der Waals surface area (Å²) in [5, 5.41) is 0. The van der Waals surface area contributed by atoms with E-state index in [0.717, 1.165) is 0 Å². The second-order valence-corrected chi connectivity index (χ2v) is 10.9. The van der Waals surface area contributed by atoms with E-state index >= 15 is 0 Å². The number of hydrogen-bond acceptors (Lipinski definition) is 6. The zero-order valence-corrected chi connectivity index (χ0v) is 16.8. The monoisotopic (exact) mass is 403 g/mol. The summed E-state index contributed by atoms with van der Waals surface area (Å²) in [6.45, 7) is 5.93. The van der Waals surface area contributed by atoms with Crippen LogP contribution in [0.15, 0.2) is 29.2 Å². The Balaban J connectivity index is 2.33. The number of benzene rings is 1. The molecule has 1 aliphatic heterocycles. The van der Waals surface area contributed by atoms with Crippen molar-refractivity contribution in [1.29, 1.82) is 0 Å². The van der Waals surface area contributed by atoms with E-state index in [4.69, 9.17) is 4.74 Å². The summed E-state index contributed by atoms with van der Waals surface area (Å²) in [5.74, 6) is -0.618. The molecule has 1 saturated heterocycles. The van der Waals surface area contributed by atoms with E-state index in [-0.39, 0.29) is 41.0 Å². The zero-order valence-electron chi connectivity index (χ0n) is 15.2. The van der Waals surface area contributed by atoms with Gasteiger partial charge in [-0.25, -0.2) is 21.6 Å². The van der Waals surface area contributed by atoms with Gasteiger partial charge in [0.25, 0.3) is 0 Å². The lowest BCUT2D eigenvalue weighted by Gasteiger charge is -2.29. The first-order chi connectivity index (χ1) is 12.1. The molecule has 7 nitrogen and oxygen atoms in total. The average molecular weight is 404 g/mol. The number of carbonyl (C=O) groups is 1. The van der Waals surface area contributed by atoms with Gasteiger partial charge in [0.05, 0.1) is 28.6 Å². The van der Waals surface area contributed by atoms with Gasteiger partial charge in [0.2, 0.25) is 10.0 Å². The van der Waals surface area contributed by atoms with Crippen molar-refractivity contribution in [2.75, 3.05) is 24.7 Å². The smallest absolute Gasteiger partial charge is 0.338 e. The predicted octanol–water partition coefficient (Wildman–Crippen LogP) is 1.70. The van der Waals surface area contributed by atoms with Gasteiger partial charge in [-0.1, -0.05) is 13.8 Å². The SMILES string of the molecule is CCOC(=O)c1ccc(S(=O)(=O)N(CC(C)C)C2CCS(=O)(=O)C2)cc1. The van der Waals surface area contributed by atoms with Crippen molar-refractivity contribution in [3.8, 4) is 0 Å². The Kier molecular flexibility index (Phi) is 6.46. The second-order valence-electron chi connectivity index (χ2n) is 6.77. The van der Waals surface area contributed by atoms with Crippen LogP contribution in [0, 0.1) is 5.92 Å². The molecule has 0 bridgehead atoms. The molecule has 1 fully saturated rings. The summed E-state index contributed by atoms with van der Waals surface area (Å²) in [5.41, 5.74) is 0.268. The summed E-state index contributed by atoms with van der Waals surface area (Å²) >= 11 is 0. The predicted molar refractivity (Wildman–Crippen MR) is 98.2 cm³/mol. The van der Waals surface area contributed by atoms with Crippen LogP contribution in [0.5, 0.6) is 0 Å². The van der Waals surface area contributed by atoms with Gasteiger partial charge < -0.3 is 4.74 Å². The minimum atomic E-state index is -3.87. The fourth-order valence-electron chi connectivity index (χ4n) is 2.92. The fourth-order valence-corrected chi connectivity index (χ4v) is 6.56. The summed E-state index contributed by atoms with van der Waals surface area (Å²) in [6.07, 6.45) is 0.301. The van der Waals surface area contributed by atoms with E-state index in [2.05, 4.69) is 0 Å². The summed E-state index contributed by atoms with van der Waals surface area (Å²) in [4.78, 5) is 11.8. The van der Waals surface area contributed by atoms with Gasteiger partial charge in [-0.3, -0.25) is 0 Å². The normalized spacial score (nSPS) is 19.8. The lowest BCUT2D eigenvalue weighted by molar-refractivity contribution is 0.0526. The van der Waals surface area contributed by atoms with Crippen LogP contribution >= 0.6 is 0 Å². The quantitative estimate of drug-likeness (QED) is 0.643. The third kappa shape index (κ3) is 4.83. The zero-order chi connectivity index (χ0) is 19.5. The molecule has 1 atom stereocenters. The third-order valence-corrected chi connectivity index (χ3v) is 7.82. The van der Waals surface area contributed by atoms with E-state index in [9.17, 15) is 21.6 Å². The standard InChI is InChI=1S/C17H25NO6S2/c1-4-24-17(19)14-5-7-16(8-6-14)26(22,23)18(11-13(2)3)15-9-10-25(20,21)12-15/h5-8,13,15H,4,9-12H2,1-3H3. The van der Waals surface area contributed by atoms with Crippen LogP contribution in [0.1, 0.15) is 37.6 Å². The molecule has 9 heteroatoms. The molecule has 2 rings (SSSR count). The molecule has 0 amide bonds. The second kappa shape index (κ2) is 8.06. The lowest BCUT2D eigenvalue weighted by Crippen LogP contribution is -2.43. The van der Waals surface area contributed by atoms with Crippen LogP contribution in [0.2, 0.25) is 0 Å². The van der Waals surface area contributed by atoms with Gasteiger partial charge in [0.15, 0.2) is 9.84 Å². The maximum absolute atomic E-state index is 13.1. The minimum absolute atomic E-state index is 0.00355. The maximum Gasteiger partial charge on any atom is 0.338 e. The number of rotatable bonds is 7. The highest BCUT2D eigenvalue weighted by Gasteiger charge is 2.39. The molecule has 0 aromatic heterocycles. The molecule has 0 aliphatic carbocycles. The average Bonchev–Trinajstić information content (AvgIpc) is 2.92. The van der Waals surface area contributed by atoms with Crippen LogP contribution < -0.4 is 0 Å². The first kappa shape index (κ1) is 20.9. The van der Waals surface area contributed by atoms with E-state index in [1.54, 1.807) is 6.92 Å². The first-order valence-corrected chi connectivity index (χ1v) is 11.8. The van der Waals surface area contributed by atoms with Gasteiger partial charge in [-0.15, -0.1) is 0 Å². The highest BCUT2D eigenvalue weighted by molar-refractivity contribution is 7.92. The van der Waals surface area contributed by atoms with Gasteiger partial charge >= 0.3 is 5.97 Å². The van der Waals surface area contributed by atoms with Crippen molar-refractivity contribution >= 4 is 25.8 Å². The third-order valence-electron chi connectivity index (χ3n) is 4.13. The van der Waals surface area contributed by atoms with Gasteiger partial charge in [0.1, 0.15) is 0 Å². The topological polar surface area (TPSA) is 97.8 Å². The van der Waals surface area contributed by atoms with E-state index in [0.29, 0.717) is 6.42 Å². The van der Waals surface area contributed by atoms with E-state index in [1.807, 2.05) is 13.8 Å². The van der Waals surface area contributed by atoms with Crippen molar-refractivity contribution in [2.45, 2.75) is 38.1 Å². The number of sulfone groups is 1. The van der Waals surface area contributed by atoms with Crippen molar-refractivity contribution in [3.05, 3.63) is 29.8 Å². The lowest BCUT2D eigenvalue weighted by atomic mass is 10.2. The molecule has 1 aromatic rings. The Hall–Kier alpha value is -1.45. The van der Waals surface area contributed by atoms with Crippen molar-refractivity contribution < 1.29 is 26.4 Å². The highest BCUT2D eigenvalue weighted by atomic mass is 32.2. The Morgan fingerprint density at radius 3 is 2.35 bits per heavy atom. The molecular formula is C17H25NO6S2. The summed E-state index contributed by atoms with van der Waals surface area (Å²) in [6, 6.07) is 4.97. The van der Waals surface area contributed by atoms with Gasteiger partial charge in [0, 0.05) is 12.6 Å². The van der Waals surface area contributed by atoms with E-state index < -0.39 is 31.9 Å². The summed E-state index contributed by atoms with van der Waals surface area (Å²) < 4.78 is 56.0. The molecule has 0 saturated carbocycles. The Bertz CT molecular complexity index is 844. The number of ether oxygens (including phenoxy) is 1. The molecule has 1 heterocycles. The summed E-state index contributed by atoms with van der Waals surface area (Å²) in [7, 11) is -7.08.